The van der Waals surface area contributed by atoms with Crippen molar-refractivity contribution in [2.75, 3.05) is 18.8 Å². The number of hydrogen-bond donors (Lipinski definition) is 1. The third kappa shape index (κ3) is 2.13. The van der Waals surface area contributed by atoms with E-state index in [-0.39, 0.29) is 17.3 Å². The van der Waals surface area contributed by atoms with Crippen LogP contribution in [-0.4, -0.2) is 28.9 Å². The van der Waals surface area contributed by atoms with E-state index in [1.54, 1.807) is 4.90 Å². The second kappa shape index (κ2) is 4.47. The fourth-order valence-corrected chi connectivity index (χ4v) is 1.89. The highest BCUT2D eigenvalue weighted by atomic mass is 19.1. The van der Waals surface area contributed by atoms with Crippen LogP contribution in [0.5, 0.6) is 0 Å². The molecule has 2 heterocycles. The molecule has 1 aliphatic heterocycles. The molecular formula is C11H14FN3O. The van der Waals surface area contributed by atoms with E-state index >= 15 is 0 Å². The molecule has 0 aliphatic carbocycles. The second-order valence-electron chi connectivity index (χ2n) is 3.94. The molecule has 1 aromatic heterocycles. The van der Waals surface area contributed by atoms with Gasteiger partial charge in [0.25, 0.3) is 5.91 Å². The molecule has 0 atom stereocenters. The minimum Gasteiger partial charge on any atom is -0.383 e. The van der Waals surface area contributed by atoms with Crippen LogP contribution in [0.1, 0.15) is 29.6 Å². The lowest BCUT2D eigenvalue weighted by Gasteiger charge is -2.26. The van der Waals surface area contributed by atoms with Gasteiger partial charge in [-0.3, -0.25) is 4.79 Å². The summed E-state index contributed by atoms with van der Waals surface area (Å²) in [4.78, 5) is 17.4. The molecule has 1 amide bonds. The van der Waals surface area contributed by atoms with E-state index < -0.39 is 5.82 Å². The van der Waals surface area contributed by atoms with E-state index in [0.717, 1.165) is 44.6 Å². The Morgan fingerprint density at radius 2 is 2.06 bits per heavy atom. The fraction of sp³-hybridized carbons (Fsp3) is 0.455. The van der Waals surface area contributed by atoms with Crippen LogP contribution in [0.3, 0.4) is 0 Å². The van der Waals surface area contributed by atoms with Crippen molar-refractivity contribution in [2.45, 2.75) is 19.3 Å². The largest absolute Gasteiger partial charge is 0.383 e. The first-order chi connectivity index (χ1) is 7.68. The maximum atomic E-state index is 13.0. The molecule has 1 fully saturated rings. The Kier molecular flexibility index (Phi) is 3.03. The summed E-state index contributed by atoms with van der Waals surface area (Å²) in [7, 11) is 0. The molecular weight excluding hydrogens is 209 g/mol. The van der Waals surface area contributed by atoms with Crippen molar-refractivity contribution in [3.63, 3.8) is 0 Å². The average molecular weight is 223 g/mol. The van der Waals surface area contributed by atoms with Gasteiger partial charge in [0.05, 0.1) is 11.8 Å². The Hall–Kier alpha value is -1.65. The Morgan fingerprint density at radius 3 is 2.75 bits per heavy atom. The van der Waals surface area contributed by atoms with Gasteiger partial charge < -0.3 is 10.6 Å². The predicted octanol–water partition coefficient (Wildman–Crippen LogP) is 1.43. The average Bonchev–Trinajstić information content (AvgIpc) is 2.32. The number of nitrogens with two attached hydrogens (primary N) is 1. The lowest BCUT2D eigenvalue weighted by atomic mass is 10.1. The zero-order valence-electron chi connectivity index (χ0n) is 8.95. The molecule has 1 aliphatic rings. The first-order valence-corrected chi connectivity index (χ1v) is 5.39. The standard InChI is InChI=1S/C11H14FN3O/c12-8-6-9(10(13)14-7-8)11(16)15-4-2-1-3-5-15/h6-7H,1-5H2,(H2,13,14). The number of nitrogens with zero attached hydrogens (tertiary/aromatic N) is 2. The van der Waals surface area contributed by atoms with E-state index in [4.69, 9.17) is 5.73 Å². The van der Waals surface area contributed by atoms with Crippen LogP contribution in [0.2, 0.25) is 0 Å². The lowest BCUT2D eigenvalue weighted by Crippen LogP contribution is -2.36. The number of carbonyl (C=O) groups is 1. The Bertz CT molecular complexity index is 402. The van der Waals surface area contributed by atoms with Crippen molar-refractivity contribution in [1.29, 1.82) is 0 Å². The predicted molar refractivity (Wildman–Crippen MR) is 58.4 cm³/mol. The summed E-state index contributed by atoms with van der Waals surface area (Å²) in [6.45, 7) is 1.43. The summed E-state index contributed by atoms with van der Waals surface area (Å²) in [6.07, 6.45) is 4.14. The van der Waals surface area contributed by atoms with Crippen LogP contribution in [-0.2, 0) is 0 Å². The van der Waals surface area contributed by atoms with Crippen molar-refractivity contribution >= 4 is 11.7 Å². The highest BCUT2D eigenvalue weighted by Gasteiger charge is 2.20. The molecule has 0 aromatic carbocycles. The van der Waals surface area contributed by atoms with Crippen LogP contribution >= 0.6 is 0 Å². The molecule has 2 N–H and O–H groups in total. The lowest BCUT2D eigenvalue weighted by molar-refractivity contribution is 0.0724. The normalized spacial score (nSPS) is 16.2. The fourth-order valence-electron chi connectivity index (χ4n) is 1.89. The monoisotopic (exact) mass is 223 g/mol. The molecule has 2 rings (SSSR count). The Labute approximate surface area is 93.3 Å². The van der Waals surface area contributed by atoms with Crippen LogP contribution in [0.15, 0.2) is 12.3 Å². The van der Waals surface area contributed by atoms with Gasteiger partial charge in [-0.25, -0.2) is 9.37 Å². The van der Waals surface area contributed by atoms with Gasteiger partial charge in [-0.15, -0.1) is 0 Å². The van der Waals surface area contributed by atoms with Crippen LogP contribution in [0, 0.1) is 5.82 Å². The van der Waals surface area contributed by atoms with E-state index in [2.05, 4.69) is 4.98 Å². The summed E-state index contributed by atoms with van der Waals surface area (Å²) in [5, 5.41) is 0. The van der Waals surface area contributed by atoms with Crippen molar-refractivity contribution in [1.82, 2.24) is 9.88 Å². The van der Waals surface area contributed by atoms with Crippen LogP contribution in [0.25, 0.3) is 0 Å². The van der Waals surface area contributed by atoms with Gasteiger partial charge in [0.1, 0.15) is 11.6 Å². The minimum absolute atomic E-state index is 0.0944. The summed E-state index contributed by atoms with van der Waals surface area (Å²) in [6, 6.07) is 1.15. The third-order valence-corrected chi connectivity index (χ3v) is 2.76. The molecule has 0 bridgehead atoms. The van der Waals surface area contributed by atoms with Gasteiger partial charge in [0.15, 0.2) is 0 Å². The number of piperidine rings is 1. The first-order valence-electron chi connectivity index (χ1n) is 5.39. The molecule has 4 nitrogen and oxygen atoms in total. The minimum atomic E-state index is -0.533. The highest BCUT2D eigenvalue weighted by molar-refractivity contribution is 5.98. The van der Waals surface area contributed by atoms with Gasteiger partial charge >= 0.3 is 0 Å². The molecule has 0 saturated carbocycles. The maximum Gasteiger partial charge on any atom is 0.257 e. The number of halogens is 1. The van der Waals surface area contributed by atoms with E-state index in [1.807, 2.05) is 0 Å². The Morgan fingerprint density at radius 1 is 1.38 bits per heavy atom. The second-order valence-corrected chi connectivity index (χ2v) is 3.94. The summed E-state index contributed by atoms with van der Waals surface area (Å²) < 4.78 is 13.0. The number of hydrogen-bond acceptors (Lipinski definition) is 3. The van der Waals surface area contributed by atoms with Crippen molar-refractivity contribution < 1.29 is 9.18 Å². The summed E-state index contributed by atoms with van der Waals surface area (Å²) >= 11 is 0. The van der Waals surface area contributed by atoms with E-state index in [9.17, 15) is 9.18 Å². The van der Waals surface area contributed by atoms with Gasteiger partial charge in [0.2, 0.25) is 0 Å². The Balaban J connectivity index is 2.22. The molecule has 1 aromatic rings. The van der Waals surface area contributed by atoms with E-state index in [0.29, 0.717) is 0 Å². The number of aromatic nitrogens is 1. The number of anilines is 1. The number of pyridine rings is 1. The van der Waals surface area contributed by atoms with Crippen molar-refractivity contribution in [3.8, 4) is 0 Å². The zero-order valence-corrected chi connectivity index (χ0v) is 8.95. The SMILES string of the molecule is Nc1ncc(F)cc1C(=O)N1CCCCC1. The van der Waals surface area contributed by atoms with Gasteiger partial charge in [-0.05, 0) is 25.3 Å². The molecule has 16 heavy (non-hydrogen) atoms. The highest BCUT2D eigenvalue weighted by Crippen LogP contribution is 2.16. The number of amides is 1. The third-order valence-electron chi connectivity index (χ3n) is 2.76. The number of nitrogen functional groups attached to an aromatic ring is 1. The van der Waals surface area contributed by atoms with Gasteiger partial charge in [0, 0.05) is 13.1 Å². The maximum absolute atomic E-state index is 13.0. The smallest absolute Gasteiger partial charge is 0.257 e. The summed E-state index contributed by atoms with van der Waals surface area (Å²) in [5.74, 6) is -0.657. The topological polar surface area (TPSA) is 59.2 Å². The quantitative estimate of drug-likeness (QED) is 0.783. The van der Waals surface area contributed by atoms with Crippen molar-refractivity contribution in [2.24, 2.45) is 0 Å². The number of carbonyl (C=O) groups excluding carboxylic acids is 1. The molecule has 0 unspecified atom stereocenters. The molecule has 1 saturated heterocycles. The van der Waals surface area contributed by atoms with Gasteiger partial charge in [-0.2, -0.15) is 0 Å². The number of rotatable bonds is 1. The molecule has 5 heteroatoms. The van der Waals surface area contributed by atoms with E-state index in [1.165, 1.54) is 0 Å². The summed E-state index contributed by atoms with van der Waals surface area (Å²) in [5.41, 5.74) is 5.74. The van der Waals surface area contributed by atoms with Crippen LogP contribution < -0.4 is 5.73 Å². The van der Waals surface area contributed by atoms with Gasteiger partial charge in [-0.1, -0.05) is 0 Å². The number of likely N-dealkylation sites (tertiary alicyclic amines) is 1. The van der Waals surface area contributed by atoms with Crippen molar-refractivity contribution in [3.05, 3.63) is 23.6 Å². The first kappa shape index (κ1) is 10.9. The molecule has 0 radical (unpaired) electrons. The zero-order chi connectivity index (χ0) is 11.5. The molecule has 86 valence electrons. The van der Waals surface area contributed by atoms with Crippen LogP contribution in [0.4, 0.5) is 10.2 Å². The molecule has 0 spiro atoms.